The summed E-state index contributed by atoms with van der Waals surface area (Å²) in [5.74, 6) is -1.23. The molecule has 144 valence electrons. The normalized spacial score (nSPS) is 11.4. The number of benzene rings is 2. The zero-order valence-electron chi connectivity index (χ0n) is 15.1. The Balaban J connectivity index is 1.80. The van der Waals surface area contributed by atoms with Gasteiger partial charge in [0.05, 0.1) is 0 Å². The van der Waals surface area contributed by atoms with Crippen LogP contribution in [0.25, 0.3) is 0 Å². The molecule has 2 rings (SSSR count). The van der Waals surface area contributed by atoms with Crippen molar-refractivity contribution in [3.63, 3.8) is 0 Å². The second-order valence-corrected chi connectivity index (χ2v) is 6.77. The number of hydrazine groups is 1. The van der Waals surface area contributed by atoms with Crippen molar-refractivity contribution in [2.24, 2.45) is 0 Å². The van der Waals surface area contributed by atoms with Gasteiger partial charge in [0.25, 0.3) is 11.8 Å². The minimum atomic E-state index is -0.823. The second kappa shape index (κ2) is 9.36. The summed E-state index contributed by atoms with van der Waals surface area (Å²) in [6, 6.07) is 9.76. The number of halogens is 2. The molecule has 8 heteroatoms. The molecule has 1 unspecified atom stereocenters. The van der Waals surface area contributed by atoms with E-state index in [1.807, 2.05) is 26.0 Å². The van der Waals surface area contributed by atoms with Crippen LogP contribution in [0.2, 0.25) is 0 Å². The highest BCUT2D eigenvalue weighted by molar-refractivity contribution is 9.10. The highest BCUT2D eigenvalue weighted by Crippen LogP contribution is 2.22. The Labute approximate surface area is 165 Å². The Bertz CT molecular complexity index is 844. The molecule has 0 saturated carbocycles. The molecule has 0 aliphatic carbocycles. The molecule has 0 heterocycles. The fourth-order valence-electron chi connectivity index (χ4n) is 2.10. The number of rotatable bonds is 6. The molecule has 2 amide bonds. The van der Waals surface area contributed by atoms with Crippen LogP contribution in [0.4, 0.5) is 4.39 Å². The molecule has 0 aromatic heterocycles. The lowest BCUT2D eigenvalue weighted by Gasteiger charge is -2.17. The maximum Gasteiger partial charge on any atom is 0.279 e. The van der Waals surface area contributed by atoms with E-state index >= 15 is 0 Å². The average molecular weight is 439 g/mol. The van der Waals surface area contributed by atoms with Crippen molar-refractivity contribution in [1.29, 1.82) is 0 Å². The molecule has 0 radical (unpaired) electrons. The maximum atomic E-state index is 13.6. The van der Waals surface area contributed by atoms with Gasteiger partial charge in [0.15, 0.2) is 24.3 Å². The highest BCUT2D eigenvalue weighted by Gasteiger charge is 2.17. The SMILES string of the molecule is Cc1cccc(OC(C)C(=O)NNC(=O)COc2ccc(Br)cc2F)c1C. The van der Waals surface area contributed by atoms with Crippen LogP contribution in [0.1, 0.15) is 18.1 Å². The van der Waals surface area contributed by atoms with Crippen LogP contribution in [0, 0.1) is 19.7 Å². The molecule has 0 fully saturated rings. The standard InChI is InChI=1S/C19H20BrFN2O4/c1-11-5-4-6-16(12(11)2)27-13(3)19(25)23-22-18(24)10-26-17-8-7-14(20)9-15(17)21/h4-9,13H,10H2,1-3H3,(H,22,24)(H,23,25). The Morgan fingerprint density at radius 2 is 1.89 bits per heavy atom. The Morgan fingerprint density at radius 1 is 1.15 bits per heavy atom. The lowest BCUT2D eigenvalue weighted by Crippen LogP contribution is -2.48. The molecular weight excluding hydrogens is 419 g/mol. The van der Waals surface area contributed by atoms with Crippen molar-refractivity contribution in [1.82, 2.24) is 10.9 Å². The first-order chi connectivity index (χ1) is 12.8. The van der Waals surface area contributed by atoms with E-state index in [0.717, 1.165) is 11.1 Å². The van der Waals surface area contributed by atoms with E-state index in [4.69, 9.17) is 9.47 Å². The second-order valence-electron chi connectivity index (χ2n) is 5.86. The first-order valence-electron chi connectivity index (χ1n) is 8.17. The maximum absolute atomic E-state index is 13.6. The van der Waals surface area contributed by atoms with Crippen LogP contribution in [-0.4, -0.2) is 24.5 Å². The van der Waals surface area contributed by atoms with Gasteiger partial charge in [0.2, 0.25) is 0 Å². The van der Waals surface area contributed by atoms with Gasteiger partial charge in [-0.25, -0.2) is 4.39 Å². The number of nitrogens with one attached hydrogen (secondary N) is 2. The van der Waals surface area contributed by atoms with Gasteiger partial charge in [-0.15, -0.1) is 0 Å². The Morgan fingerprint density at radius 3 is 2.59 bits per heavy atom. The molecule has 6 nitrogen and oxygen atoms in total. The topological polar surface area (TPSA) is 76.7 Å². The van der Waals surface area contributed by atoms with Crippen molar-refractivity contribution in [3.05, 3.63) is 57.8 Å². The van der Waals surface area contributed by atoms with Gasteiger partial charge >= 0.3 is 0 Å². The van der Waals surface area contributed by atoms with Crippen LogP contribution in [0.3, 0.4) is 0 Å². The van der Waals surface area contributed by atoms with E-state index in [2.05, 4.69) is 26.8 Å². The average Bonchev–Trinajstić information content (AvgIpc) is 2.62. The summed E-state index contributed by atoms with van der Waals surface area (Å²) in [5.41, 5.74) is 6.44. The number of aryl methyl sites for hydroxylation is 1. The molecule has 2 aromatic rings. The molecule has 0 saturated heterocycles. The molecule has 0 bridgehead atoms. The van der Waals surface area contributed by atoms with Crippen LogP contribution in [0.5, 0.6) is 11.5 Å². The smallest absolute Gasteiger partial charge is 0.279 e. The highest BCUT2D eigenvalue weighted by atomic mass is 79.9. The fourth-order valence-corrected chi connectivity index (χ4v) is 2.43. The summed E-state index contributed by atoms with van der Waals surface area (Å²) in [6.07, 6.45) is -0.823. The summed E-state index contributed by atoms with van der Waals surface area (Å²) < 4.78 is 24.9. The van der Waals surface area contributed by atoms with Crippen LogP contribution >= 0.6 is 15.9 Å². The Hall–Kier alpha value is -2.61. The van der Waals surface area contributed by atoms with Crippen molar-refractivity contribution in [2.75, 3.05) is 6.61 Å². The van der Waals surface area contributed by atoms with Gasteiger partial charge in [-0.05, 0) is 56.2 Å². The minimum Gasteiger partial charge on any atom is -0.481 e. The summed E-state index contributed by atoms with van der Waals surface area (Å²) in [5, 5.41) is 0. The number of hydrogen-bond acceptors (Lipinski definition) is 4. The quantitative estimate of drug-likeness (QED) is 0.678. The van der Waals surface area contributed by atoms with Crippen LogP contribution in [0.15, 0.2) is 40.9 Å². The largest absolute Gasteiger partial charge is 0.481 e. The zero-order valence-corrected chi connectivity index (χ0v) is 16.7. The zero-order chi connectivity index (χ0) is 20.0. The predicted molar refractivity (Wildman–Crippen MR) is 102 cm³/mol. The molecule has 1 atom stereocenters. The van der Waals surface area contributed by atoms with Crippen molar-refractivity contribution in [3.8, 4) is 11.5 Å². The monoisotopic (exact) mass is 438 g/mol. The van der Waals surface area contributed by atoms with E-state index in [0.29, 0.717) is 10.2 Å². The first-order valence-corrected chi connectivity index (χ1v) is 8.96. The van der Waals surface area contributed by atoms with Gasteiger partial charge in [0, 0.05) is 4.47 Å². The number of carbonyl (C=O) groups is 2. The van der Waals surface area contributed by atoms with Crippen molar-refractivity contribution in [2.45, 2.75) is 26.9 Å². The van der Waals surface area contributed by atoms with Gasteiger partial charge < -0.3 is 9.47 Å². The number of hydrogen-bond donors (Lipinski definition) is 2. The van der Waals surface area contributed by atoms with E-state index in [1.54, 1.807) is 19.1 Å². The Kier molecular flexibility index (Phi) is 7.18. The van der Waals surface area contributed by atoms with E-state index in [-0.39, 0.29) is 5.75 Å². The third-order valence-electron chi connectivity index (χ3n) is 3.81. The lowest BCUT2D eigenvalue weighted by molar-refractivity contribution is -0.133. The van der Waals surface area contributed by atoms with Crippen LogP contribution < -0.4 is 20.3 Å². The van der Waals surface area contributed by atoms with Gasteiger partial charge in [-0.1, -0.05) is 28.1 Å². The molecule has 27 heavy (non-hydrogen) atoms. The van der Waals surface area contributed by atoms with E-state index < -0.39 is 30.3 Å². The third kappa shape index (κ3) is 5.96. The van der Waals surface area contributed by atoms with Crippen LogP contribution in [-0.2, 0) is 9.59 Å². The lowest BCUT2D eigenvalue weighted by atomic mass is 10.1. The van der Waals surface area contributed by atoms with Crippen molar-refractivity contribution >= 4 is 27.7 Å². The van der Waals surface area contributed by atoms with E-state index in [1.165, 1.54) is 12.1 Å². The molecule has 0 spiro atoms. The number of amides is 2. The summed E-state index contributed by atoms with van der Waals surface area (Å²) >= 11 is 3.13. The molecule has 0 aliphatic heterocycles. The number of ether oxygens (including phenoxy) is 2. The van der Waals surface area contributed by atoms with Gasteiger partial charge in [-0.3, -0.25) is 20.4 Å². The van der Waals surface area contributed by atoms with Crippen molar-refractivity contribution < 1.29 is 23.5 Å². The molecule has 2 aromatic carbocycles. The third-order valence-corrected chi connectivity index (χ3v) is 4.30. The minimum absolute atomic E-state index is 0.0636. The summed E-state index contributed by atoms with van der Waals surface area (Å²) in [4.78, 5) is 23.8. The van der Waals surface area contributed by atoms with E-state index in [9.17, 15) is 14.0 Å². The summed E-state index contributed by atoms with van der Waals surface area (Å²) in [7, 11) is 0. The van der Waals surface area contributed by atoms with Gasteiger partial charge in [0.1, 0.15) is 5.75 Å². The predicted octanol–water partition coefficient (Wildman–Crippen LogP) is 3.20. The molecular formula is C19H20BrFN2O4. The molecule has 2 N–H and O–H groups in total. The fraction of sp³-hybridized carbons (Fsp3) is 0.263. The summed E-state index contributed by atoms with van der Waals surface area (Å²) in [6.45, 7) is 4.96. The van der Waals surface area contributed by atoms with Gasteiger partial charge in [-0.2, -0.15) is 0 Å². The number of carbonyl (C=O) groups excluding carboxylic acids is 2. The first kappa shape index (κ1) is 20.7. The molecule has 0 aliphatic rings.